The van der Waals surface area contributed by atoms with Crippen molar-refractivity contribution in [1.29, 1.82) is 0 Å². The van der Waals surface area contributed by atoms with Crippen LogP contribution >= 0.6 is 11.6 Å². The van der Waals surface area contributed by atoms with Crippen LogP contribution in [0.25, 0.3) is 16.9 Å². The smallest absolute Gasteiger partial charge is 0.271 e. The number of benzene rings is 2. The molecule has 0 aliphatic rings. The van der Waals surface area contributed by atoms with Gasteiger partial charge in [-0.3, -0.25) is 14.6 Å². The van der Waals surface area contributed by atoms with Gasteiger partial charge in [-0.15, -0.1) is 0 Å². The van der Waals surface area contributed by atoms with Crippen LogP contribution in [0.2, 0.25) is 5.02 Å². The summed E-state index contributed by atoms with van der Waals surface area (Å²) in [7, 11) is 0. The van der Waals surface area contributed by atoms with Crippen LogP contribution in [-0.2, 0) is 0 Å². The molecular formula is C25H21ClFN5O3. The molecule has 2 amide bonds. The quantitative estimate of drug-likeness (QED) is 0.320. The van der Waals surface area contributed by atoms with Crippen LogP contribution < -0.4 is 10.6 Å². The van der Waals surface area contributed by atoms with Gasteiger partial charge in [-0.1, -0.05) is 35.9 Å². The van der Waals surface area contributed by atoms with Crippen LogP contribution in [0.4, 0.5) is 10.2 Å². The zero-order valence-electron chi connectivity index (χ0n) is 18.4. The summed E-state index contributed by atoms with van der Waals surface area (Å²) in [4.78, 5) is 29.9. The third-order valence-electron chi connectivity index (χ3n) is 5.05. The van der Waals surface area contributed by atoms with Crippen molar-refractivity contribution in [3.8, 4) is 16.9 Å². The monoisotopic (exact) mass is 493 g/mol. The molecule has 0 spiro atoms. The molecule has 8 nitrogen and oxygen atoms in total. The first-order chi connectivity index (χ1) is 17.0. The Kier molecular flexibility index (Phi) is 7.49. The van der Waals surface area contributed by atoms with E-state index in [0.29, 0.717) is 17.8 Å². The fourth-order valence-corrected chi connectivity index (χ4v) is 3.58. The number of aromatic nitrogens is 3. The molecule has 10 heteroatoms. The summed E-state index contributed by atoms with van der Waals surface area (Å²) in [6.45, 7) is 0.218. The third-order valence-corrected chi connectivity index (χ3v) is 5.36. The first-order valence-electron chi connectivity index (χ1n) is 10.7. The Hall–Kier alpha value is -4.08. The summed E-state index contributed by atoms with van der Waals surface area (Å²) in [5.41, 5.74) is 1.19. The highest BCUT2D eigenvalue weighted by atomic mass is 35.5. The Morgan fingerprint density at radius 1 is 1.03 bits per heavy atom. The minimum atomic E-state index is -0.614. The van der Waals surface area contributed by atoms with E-state index in [9.17, 15) is 14.0 Å². The second-order valence-electron chi connectivity index (χ2n) is 7.48. The lowest BCUT2D eigenvalue weighted by atomic mass is 10.1. The van der Waals surface area contributed by atoms with Crippen LogP contribution in [-0.4, -0.2) is 44.8 Å². The maximum atomic E-state index is 14.6. The van der Waals surface area contributed by atoms with E-state index in [4.69, 9.17) is 16.7 Å². The Labute approximate surface area is 205 Å². The van der Waals surface area contributed by atoms with Crippen molar-refractivity contribution in [2.45, 2.75) is 6.42 Å². The Bertz CT molecular complexity index is 1350. The van der Waals surface area contributed by atoms with Gasteiger partial charge in [-0.2, -0.15) is 5.10 Å². The summed E-state index contributed by atoms with van der Waals surface area (Å²) >= 11 is 6.21. The average molecular weight is 494 g/mol. The molecule has 0 unspecified atom stereocenters. The molecule has 35 heavy (non-hydrogen) atoms. The normalized spacial score (nSPS) is 10.7. The van der Waals surface area contributed by atoms with Crippen molar-refractivity contribution in [2.24, 2.45) is 0 Å². The maximum absolute atomic E-state index is 14.6. The first-order valence-corrected chi connectivity index (χ1v) is 11.1. The van der Waals surface area contributed by atoms with Gasteiger partial charge < -0.3 is 15.7 Å². The van der Waals surface area contributed by atoms with E-state index >= 15 is 0 Å². The van der Waals surface area contributed by atoms with Gasteiger partial charge in [-0.25, -0.2) is 9.07 Å². The number of rotatable bonds is 8. The van der Waals surface area contributed by atoms with Crippen LogP contribution in [0.5, 0.6) is 0 Å². The average Bonchev–Trinajstić information content (AvgIpc) is 3.29. The SMILES string of the molecule is O=C(NCCCO)c1cc(NC(=O)c2cc(-c3ccccn3)c(F)cc2Cl)n(-c2ccccc2)n1. The summed E-state index contributed by atoms with van der Waals surface area (Å²) in [5, 5.41) is 18.6. The summed E-state index contributed by atoms with van der Waals surface area (Å²) in [6.07, 6.45) is 1.92. The fourth-order valence-electron chi connectivity index (χ4n) is 3.34. The number of nitrogens with one attached hydrogen (secondary N) is 2. The maximum Gasteiger partial charge on any atom is 0.271 e. The van der Waals surface area contributed by atoms with E-state index in [-0.39, 0.29) is 40.8 Å². The van der Waals surface area contributed by atoms with Gasteiger partial charge in [0, 0.05) is 31.0 Å². The molecule has 4 aromatic rings. The number of hydrogen-bond donors (Lipinski definition) is 3. The number of aliphatic hydroxyl groups is 1. The summed E-state index contributed by atoms with van der Waals surface area (Å²) < 4.78 is 16.0. The number of amides is 2. The van der Waals surface area contributed by atoms with Crippen LogP contribution in [0, 0.1) is 5.82 Å². The van der Waals surface area contributed by atoms with Crippen molar-refractivity contribution >= 4 is 29.2 Å². The number of carbonyl (C=O) groups is 2. The summed E-state index contributed by atoms with van der Waals surface area (Å²) in [6, 6.07) is 17.8. The van der Waals surface area contributed by atoms with Gasteiger partial charge in [0.1, 0.15) is 11.6 Å². The van der Waals surface area contributed by atoms with Gasteiger partial charge in [0.25, 0.3) is 11.8 Å². The highest BCUT2D eigenvalue weighted by Crippen LogP contribution is 2.28. The highest BCUT2D eigenvalue weighted by Gasteiger charge is 2.21. The lowest BCUT2D eigenvalue weighted by Crippen LogP contribution is -2.25. The second kappa shape index (κ2) is 10.9. The van der Waals surface area contributed by atoms with E-state index < -0.39 is 17.6 Å². The molecule has 0 aliphatic heterocycles. The van der Waals surface area contributed by atoms with Gasteiger partial charge in [0.05, 0.1) is 22.0 Å². The predicted molar refractivity (Wildman–Crippen MR) is 130 cm³/mol. The molecule has 0 aliphatic carbocycles. The minimum absolute atomic E-state index is 0.0310. The summed E-state index contributed by atoms with van der Waals surface area (Å²) in [5.74, 6) is -1.47. The molecule has 4 rings (SSSR count). The molecule has 2 aromatic heterocycles. The molecule has 0 saturated carbocycles. The molecule has 2 aromatic carbocycles. The Morgan fingerprint density at radius 2 is 1.80 bits per heavy atom. The number of carbonyl (C=O) groups excluding carboxylic acids is 2. The van der Waals surface area contributed by atoms with Crippen molar-refractivity contribution in [3.05, 3.63) is 95.0 Å². The molecule has 3 N–H and O–H groups in total. The first kappa shape index (κ1) is 24.1. The largest absolute Gasteiger partial charge is 0.396 e. The standard InChI is InChI=1S/C25H21ClFN5O3/c26-19-14-20(27)18(21-9-4-5-10-28-21)13-17(19)24(34)30-23-15-22(25(35)29-11-6-12-33)31-32(23)16-7-2-1-3-8-16/h1-5,7-10,13-15,33H,6,11-12H2,(H,29,35)(H,30,34). The molecule has 0 bridgehead atoms. The molecule has 0 atom stereocenters. The van der Waals surface area contributed by atoms with E-state index in [1.807, 2.05) is 6.07 Å². The Morgan fingerprint density at radius 3 is 2.51 bits per heavy atom. The number of hydrogen-bond acceptors (Lipinski definition) is 5. The van der Waals surface area contributed by atoms with Gasteiger partial charge in [0.2, 0.25) is 0 Å². The van der Waals surface area contributed by atoms with Crippen LogP contribution in [0.1, 0.15) is 27.3 Å². The number of para-hydroxylation sites is 1. The van der Waals surface area contributed by atoms with Crippen LogP contribution in [0.3, 0.4) is 0 Å². The zero-order valence-corrected chi connectivity index (χ0v) is 19.2. The number of anilines is 1. The van der Waals surface area contributed by atoms with Gasteiger partial charge >= 0.3 is 0 Å². The van der Waals surface area contributed by atoms with Gasteiger partial charge in [0.15, 0.2) is 5.69 Å². The Balaban J connectivity index is 1.68. The van der Waals surface area contributed by atoms with E-state index in [1.165, 1.54) is 23.0 Å². The number of halogens is 2. The molecular weight excluding hydrogens is 473 g/mol. The number of nitrogens with zero attached hydrogens (tertiary/aromatic N) is 3. The van der Waals surface area contributed by atoms with E-state index in [1.54, 1.807) is 42.5 Å². The van der Waals surface area contributed by atoms with Gasteiger partial charge in [-0.05, 0) is 42.8 Å². The van der Waals surface area contributed by atoms with E-state index in [0.717, 1.165) is 6.07 Å². The predicted octanol–water partition coefficient (Wildman–Crippen LogP) is 4.09. The van der Waals surface area contributed by atoms with Crippen molar-refractivity contribution in [2.75, 3.05) is 18.5 Å². The van der Waals surface area contributed by atoms with Crippen LogP contribution in [0.15, 0.2) is 72.9 Å². The number of pyridine rings is 1. The molecule has 0 radical (unpaired) electrons. The minimum Gasteiger partial charge on any atom is -0.396 e. The molecule has 0 saturated heterocycles. The van der Waals surface area contributed by atoms with E-state index in [2.05, 4.69) is 20.7 Å². The number of aliphatic hydroxyl groups excluding tert-OH is 1. The molecule has 2 heterocycles. The molecule has 0 fully saturated rings. The topological polar surface area (TPSA) is 109 Å². The lowest BCUT2D eigenvalue weighted by molar-refractivity contribution is 0.0944. The highest BCUT2D eigenvalue weighted by molar-refractivity contribution is 6.34. The lowest BCUT2D eigenvalue weighted by Gasteiger charge is -2.11. The fraction of sp³-hybridized carbons (Fsp3) is 0.120. The zero-order chi connectivity index (χ0) is 24.8. The van der Waals surface area contributed by atoms with Crippen molar-refractivity contribution in [1.82, 2.24) is 20.1 Å². The van der Waals surface area contributed by atoms with Crippen molar-refractivity contribution in [3.63, 3.8) is 0 Å². The second-order valence-corrected chi connectivity index (χ2v) is 7.88. The molecule has 178 valence electrons. The third kappa shape index (κ3) is 5.53. The van der Waals surface area contributed by atoms with Crippen molar-refractivity contribution < 1.29 is 19.1 Å².